The molecular formula is C11H14O4. The van der Waals surface area contributed by atoms with Crippen LogP contribution in [0.2, 0.25) is 0 Å². The van der Waals surface area contributed by atoms with Crippen molar-refractivity contribution in [3.63, 3.8) is 0 Å². The first-order valence-electron chi connectivity index (χ1n) is 4.60. The standard InChI is InChI=1S/C11H14O4/c1-7-3-9(5-12)4-10(11(7)14)6-15-8(2)13/h3-4,12,14H,5-6H2,1-2H3. The van der Waals surface area contributed by atoms with E-state index in [-0.39, 0.29) is 19.0 Å². The number of aromatic hydroxyl groups is 1. The van der Waals surface area contributed by atoms with Crippen molar-refractivity contribution in [1.29, 1.82) is 0 Å². The molecule has 0 aromatic heterocycles. The quantitative estimate of drug-likeness (QED) is 0.737. The van der Waals surface area contributed by atoms with Crippen molar-refractivity contribution in [3.8, 4) is 5.75 Å². The van der Waals surface area contributed by atoms with Gasteiger partial charge in [-0.2, -0.15) is 0 Å². The van der Waals surface area contributed by atoms with Gasteiger partial charge < -0.3 is 14.9 Å². The number of aliphatic hydroxyl groups excluding tert-OH is 1. The summed E-state index contributed by atoms with van der Waals surface area (Å²) in [5.74, 6) is -0.296. The van der Waals surface area contributed by atoms with Crippen LogP contribution in [0.3, 0.4) is 0 Å². The maximum absolute atomic E-state index is 10.6. The summed E-state index contributed by atoms with van der Waals surface area (Å²) in [5, 5.41) is 18.6. The minimum atomic E-state index is -0.401. The summed E-state index contributed by atoms with van der Waals surface area (Å²) >= 11 is 0. The van der Waals surface area contributed by atoms with Crippen LogP contribution in [0.1, 0.15) is 23.6 Å². The lowest BCUT2D eigenvalue weighted by Gasteiger charge is -2.09. The van der Waals surface area contributed by atoms with Crippen LogP contribution in [0.25, 0.3) is 0 Å². The van der Waals surface area contributed by atoms with Gasteiger partial charge in [0.15, 0.2) is 0 Å². The Kier molecular flexibility index (Phi) is 3.68. The lowest BCUT2D eigenvalue weighted by atomic mass is 10.1. The Labute approximate surface area is 88.1 Å². The van der Waals surface area contributed by atoms with Crippen LogP contribution >= 0.6 is 0 Å². The number of hydrogen-bond donors (Lipinski definition) is 2. The number of carbonyl (C=O) groups is 1. The molecule has 1 aromatic carbocycles. The number of esters is 1. The third kappa shape index (κ3) is 2.95. The summed E-state index contributed by atoms with van der Waals surface area (Å²) in [6.07, 6.45) is 0. The van der Waals surface area contributed by atoms with E-state index in [2.05, 4.69) is 0 Å². The molecule has 0 saturated heterocycles. The molecule has 0 fully saturated rings. The lowest BCUT2D eigenvalue weighted by Crippen LogP contribution is -2.00. The molecule has 0 unspecified atom stereocenters. The molecule has 4 heteroatoms. The van der Waals surface area contributed by atoms with Crippen molar-refractivity contribution in [2.45, 2.75) is 27.1 Å². The molecule has 4 nitrogen and oxygen atoms in total. The van der Waals surface area contributed by atoms with E-state index >= 15 is 0 Å². The van der Waals surface area contributed by atoms with E-state index < -0.39 is 5.97 Å². The fourth-order valence-electron chi connectivity index (χ4n) is 1.31. The number of benzene rings is 1. The fourth-order valence-corrected chi connectivity index (χ4v) is 1.31. The predicted octanol–water partition coefficient (Wildman–Crippen LogP) is 1.26. The Morgan fingerprint density at radius 3 is 2.67 bits per heavy atom. The van der Waals surface area contributed by atoms with Crippen molar-refractivity contribution in [2.24, 2.45) is 0 Å². The van der Waals surface area contributed by atoms with Crippen LogP contribution in [0, 0.1) is 6.92 Å². The molecule has 0 radical (unpaired) electrons. The maximum atomic E-state index is 10.6. The van der Waals surface area contributed by atoms with Gasteiger partial charge in [-0.05, 0) is 24.1 Å². The minimum absolute atomic E-state index is 0.0237. The summed E-state index contributed by atoms with van der Waals surface area (Å²) < 4.78 is 4.78. The van der Waals surface area contributed by atoms with Gasteiger partial charge in [0.05, 0.1) is 6.61 Å². The summed E-state index contributed by atoms with van der Waals surface area (Å²) in [7, 11) is 0. The Balaban J connectivity index is 2.94. The summed E-state index contributed by atoms with van der Waals surface area (Å²) in [4.78, 5) is 10.6. The number of phenolic OH excluding ortho intramolecular Hbond substituents is 1. The molecule has 15 heavy (non-hydrogen) atoms. The highest BCUT2D eigenvalue weighted by Crippen LogP contribution is 2.24. The number of aliphatic hydroxyl groups is 1. The highest BCUT2D eigenvalue weighted by Gasteiger charge is 2.08. The van der Waals surface area contributed by atoms with Crippen molar-refractivity contribution in [1.82, 2.24) is 0 Å². The van der Waals surface area contributed by atoms with Crippen LogP contribution in [-0.4, -0.2) is 16.2 Å². The molecule has 0 aliphatic carbocycles. The van der Waals surface area contributed by atoms with Gasteiger partial charge in [0.1, 0.15) is 12.4 Å². The Morgan fingerprint density at radius 1 is 1.47 bits per heavy atom. The lowest BCUT2D eigenvalue weighted by molar-refractivity contribution is -0.142. The average molecular weight is 210 g/mol. The zero-order valence-corrected chi connectivity index (χ0v) is 8.78. The van der Waals surface area contributed by atoms with Gasteiger partial charge in [-0.1, -0.05) is 6.07 Å². The van der Waals surface area contributed by atoms with Crippen molar-refractivity contribution >= 4 is 5.97 Å². The molecule has 0 saturated carbocycles. The molecule has 2 N–H and O–H groups in total. The van der Waals surface area contributed by atoms with Crippen LogP contribution < -0.4 is 0 Å². The van der Waals surface area contributed by atoms with Crippen molar-refractivity contribution in [3.05, 3.63) is 28.8 Å². The molecule has 0 aliphatic heterocycles. The molecule has 1 aromatic rings. The number of rotatable bonds is 3. The third-order valence-corrected chi connectivity index (χ3v) is 2.05. The number of hydrogen-bond acceptors (Lipinski definition) is 4. The van der Waals surface area contributed by atoms with Gasteiger partial charge in [-0.15, -0.1) is 0 Å². The molecule has 1 rings (SSSR count). The third-order valence-electron chi connectivity index (χ3n) is 2.05. The summed E-state index contributed by atoms with van der Waals surface area (Å²) in [6, 6.07) is 3.30. The SMILES string of the molecule is CC(=O)OCc1cc(CO)cc(C)c1O. The normalized spacial score (nSPS) is 10.1. The first kappa shape index (κ1) is 11.5. The summed E-state index contributed by atoms with van der Waals surface area (Å²) in [5.41, 5.74) is 1.85. The Morgan fingerprint density at radius 2 is 2.13 bits per heavy atom. The van der Waals surface area contributed by atoms with Crippen LogP contribution in [0.5, 0.6) is 5.75 Å². The van der Waals surface area contributed by atoms with E-state index in [1.54, 1.807) is 19.1 Å². The van der Waals surface area contributed by atoms with Gasteiger partial charge in [0.2, 0.25) is 0 Å². The van der Waals surface area contributed by atoms with Gasteiger partial charge in [-0.25, -0.2) is 0 Å². The molecular weight excluding hydrogens is 196 g/mol. The Bertz CT molecular complexity index is 371. The molecule has 0 aliphatic rings. The molecule has 0 spiro atoms. The number of carbonyl (C=O) groups excluding carboxylic acids is 1. The summed E-state index contributed by atoms with van der Waals surface area (Å²) in [6.45, 7) is 2.95. The first-order chi connectivity index (χ1) is 7.04. The van der Waals surface area contributed by atoms with Gasteiger partial charge >= 0.3 is 5.97 Å². The second kappa shape index (κ2) is 4.79. The second-order valence-electron chi connectivity index (χ2n) is 3.36. The van der Waals surface area contributed by atoms with Crippen molar-refractivity contribution in [2.75, 3.05) is 0 Å². The van der Waals surface area contributed by atoms with Crippen LogP contribution in [0.4, 0.5) is 0 Å². The topological polar surface area (TPSA) is 66.8 Å². The first-order valence-corrected chi connectivity index (χ1v) is 4.60. The predicted molar refractivity (Wildman–Crippen MR) is 54.2 cm³/mol. The number of phenols is 1. The van der Waals surface area contributed by atoms with Gasteiger partial charge in [-0.3, -0.25) is 4.79 Å². The molecule has 0 atom stereocenters. The fraction of sp³-hybridized carbons (Fsp3) is 0.364. The van der Waals surface area contributed by atoms with E-state index in [4.69, 9.17) is 9.84 Å². The van der Waals surface area contributed by atoms with E-state index in [9.17, 15) is 9.90 Å². The molecule has 0 amide bonds. The highest BCUT2D eigenvalue weighted by atomic mass is 16.5. The smallest absolute Gasteiger partial charge is 0.302 e. The molecule has 0 heterocycles. The Hall–Kier alpha value is -1.55. The van der Waals surface area contributed by atoms with E-state index in [1.807, 2.05) is 0 Å². The highest BCUT2D eigenvalue weighted by molar-refractivity contribution is 5.66. The average Bonchev–Trinajstić information content (AvgIpc) is 2.19. The van der Waals surface area contributed by atoms with E-state index in [0.717, 1.165) is 0 Å². The zero-order valence-electron chi connectivity index (χ0n) is 8.78. The number of ether oxygens (including phenoxy) is 1. The van der Waals surface area contributed by atoms with E-state index in [1.165, 1.54) is 6.92 Å². The van der Waals surface area contributed by atoms with Crippen LogP contribution in [0.15, 0.2) is 12.1 Å². The number of aryl methyl sites for hydroxylation is 1. The van der Waals surface area contributed by atoms with Crippen molar-refractivity contribution < 1.29 is 19.7 Å². The second-order valence-corrected chi connectivity index (χ2v) is 3.36. The largest absolute Gasteiger partial charge is 0.507 e. The minimum Gasteiger partial charge on any atom is -0.507 e. The molecule has 82 valence electrons. The van der Waals surface area contributed by atoms with Gasteiger partial charge in [0.25, 0.3) is 0 Å². The van der Waals surface area contributed by atoms with Crippen LogP contribution in [-0.2, 0) is 22.7 Å². The molecule has 0 bridgehead atoms. The zero-order chi connectivity index (χ0) is 11.4. The maximum Gasteiger partial charge on any atom is 0.302 e. The van der Waals surface area contributed by atoms with E-state index in [0.29, 0.717) is 16.7 Å². The van der Waals surface area contributed by atoms with Gasteiger partial charge in [0, 0.05) is 12.5 Å². The monoisotopic (exact) mass is 210 g/mol.